The molecular formula is C15H14N2O. The number of nitrogens with zero attached hydrogens (tertiary/aromatic N) is 2. The van der Waals surface area contributed by atoms with Crippen molar-refractivity contribution in [1.29, 1.82) is 0 Å². The molecule has 3 heteroatoms. The van der Waals surface area contributed by atoms with Gasteiger partial charge in [-0.05, 0) is 31.2 Å². The van der Waals surface area contributed by atoms with Crippen molar-refractivity contribution in [2.24, 2.45) is 0 Å². The minimum atomic E-state index is 0.0404. The molecule has 0 amide bonds. The third-order valence-corrected chi connectivity index (χ3v) is 3.15. The van der Waals surface area contributed by atoms with Gasteiger partial charge in [0, 0.05) is 6.54 Å². The summed E-state index contributed by atoms with van der Waals surface area (Å²) >= 11 is 0. The molecule has 0 unspecified atom stereocenters. The highest BCUT2D eigenvalue weighted by Gasteiger charge is 2.12. The van der Waals surface area contributed by atoms with Crippen molar-refractivity contribution < 1.29 is 0 Å². The molecule has 18 heavy (non-hydrogen) atoms. The Morgan fingerprint density at radius 2 is 1.61 bits per heavy atom. The number of aromatic nitrogens is 2. The van der Waals surface area contributed by atoms with Crippen LogP contribution in [0.25, 0.3) is 16.6 Å². The predicted octanol–water partition coefficient (Wildman–Crippen LogP) is 2.81. The average Bonchev–Trinajstić information content (AvgIpc) is 2.73. The molecule has 0 spiro atoms. The molecule has 0 atom stereocenters. The van der Waals surface area contributed by atoms with Gasteiger partial charge in [-0.15, -0.1) is 0 Å². The van der Waals surface area contributed by atoms with Crippen LogP contribution in [0.3, 0.4) is 0 Å². The number of hydrogen-bond donors (Lipinski definition) is 0. The summed E-state index contributed by atoms with van der Waals surface area (Å²) in [6, 6.07) is 17.5. The third-order valence-electron chi connectivity index (χ3n) is 3.15. The van der Waals surface area contributed by atoms with Gasteiger partial charge in [0.2, 0.25) is 0 Å². The fourth-order valence-electron chi connectivity index (χ4n) is 2.35. The summed E-state index contributed by atoms with van der Waals surface area (Å²) in [4.78, 5) is 12.5. The van der Waals surface area contributed by atoms with Crippen LogP contribution in [-0.2, 0) is 6.54 Å². The Balaban J connectivity index is 2.43. The van der Waals surface area contributed by atoms with Crippen molar-refractivity contribution in [2.45, 2.75) is 13.5 Å². The van der Waals surface area contributed by atoms with Gasteiger partial charge in [0.15, 0.2) is 0 Å². The van der Waals surface area contributed by atoms with Gasteiger partial charge < -0.3 is 0 Å². The monoisotopic (exact) mass is 238 g/mol. The zero-order valence-electron chi connectivity index (χ0n) is 10.2. The highest BCUT2D eigenvalue weighted by Crippen LogP contribution is 2.14. The minimum absolute atomic E-state index is 0.0404. The molecule has 3 aromatic rings. The van der Waals surface area contributed by atoms with E-state index in [4.69, 9.17) is 0 Å². The molecule has 0 bridgehead atoms. The molecule has 1 aromatic heterocycles. The Bertz CT molecular complexity index is 738. The maximum absolute atomic E-state index is 12.5. The van der Waals surface area contributed by atoms with Crippen LogP contribution >= 0.6 is 0 Å². The molecule has 0 saturated heterocycles. The van der Waals surface area contributed by atoms with E-state index in [0.717, 1.165) is 23.1 Å². The van der Waals surface area contributed by atoms with Crippen molar-refractivity contribution in [1.82, 2.24) is 9.36 Å². The van der Waals surface area contributed by atoms with Gasteiger partial charge >= 0.3 is 0 Å². The Labute approximate surface area is 105 Å². The van der Waals surface area contributed by atoms with E-state index in [2.05, 4.69) is 0 Å². The Morgan fingerprint density at radius 3 is 2.33 bits per heavy atom. The van der Waals surface area contributed by atoms with Crippen LogP contribution in [0.1, 0.15) is 6.92 Å². The molecule has 0 aliphatic heterocycles. The summed E-state index contributed by atoms with van der Waals surface area (Å²) in [5.74, 6) is 0. The van der Waals surface area contributed by atoms with Gasteiger partial charge in [0.1, 0.15) is 0 Å². The molecule has 0 aliphatic rings. The topological polar surface area (TPSA) is 26.9 Å². The van der Waals surface area contributed by atoms with Gasteiger partial charge in [-0.2, -0.15) is 0 Å². The fourth-order valence-corrected chi connectivity index (χ4v) is 2.35. The molecular weight excluding hydrogens is 224 g/mol. The van der Waals surface area contributed by atoms with Crippen molar-refractivity contribution in [3.8, 4) is 5.69 Å². The first-order chi connectivity index (χ1) is 8.83. The molecule has 0 radical (unpaired) electrons. The zero-order chi connectivity index (χ0) is 12.5. The molecule has 90 valence electrons. The van der Waals surface area contributed by atoms with E-state index in [1.165, 1.54) is 0 Å². The molecule has 0 fully saturated rings. The summed E-state index contributed by atoms with van der Waals surface area (Å²) in [5, 5.41) is 0.767. The molecule has 0 aliphatic carbocycles. The Kier molecular flexibility index (Phi) is 2.52. The van der Waals surface area contributed by atoms with Gasteiger partial charge in [0.25, 0.3) is 5.56 Å². The van der Waals surface area contributed by atoms with Crippen LogP contribution in [-0.4, -0.2) is 9.36 Å². The number of benzene rings is 2. The molecule has 3 nitrogen and oxygen atoms in total. The quantitative estimate of drug-likeness (QED) is 0.674. The fraction of sp³-hybridized carbons (Fsp3) is 0.133. The molecule has 3 rings (SSSR count). The van der Waals surface area contributed by atoms with E-state index in [1.807, 2.05) is 66.2 Å². The van der Waals surface area contributed by atoms with E-state index in [0.29, 0.717) is 0 Å². The van der Waals surface area contributed by atoms with Gasteiger partial charge in [0.05, 0.1) is 16.6 Å². The third kappa shape index (κ3) is 1.48. The maximum Gasteiger partial charge on any atom is 0.279 e. The Morgan fingerprint density at radius 1 is 0.944 bits per heavy atom. The average molecular weight is 238 g/mol. The normalized spacial score (nSPS) is 10.9. The molecule has 2 aromatic carbocycles. The van der Waals surface area contributed by atoms with Crippen molar-refractivity contribution in [3.63, 3.8) is 0 Å². The van der Waals surface area contributed by atoms with Crippen molar-refractivity contribution in [3.05, 3.63) is 65.0 Å². The van der Waals surface area contributed by atoms with E-state index >= 15 is 0 Å². The lowest BCUT2D eigenvalue weighted by atomic mass is 10.2. The first-order valence-corrected chi connectivity index (χ1v) is 6.09. The van der Waals surface area contributed by atoms with Crippen LogP contribution in [0.2, 0.25) is 0 Å². The number of rotatable bonds is 2. The lowest BCUT2D eigenvalue weighted by Gasteiger charge is -2.10. The second-order valence-electron chi connectivity index (χ2n) is 4.19. The van der Waals surface area contributed by atoms with Crippen LogP contribution in [0.15, 0.2) is 59.4 Å². The van der Waals surface area contributed by atoms with E-state index in [9.17, 15) is 4.79 Å². The van der Waals surface area contributed by atoms with Crippen LogP contribution < -0.4 is 5.56 Å². The number of fused-ring (bicyclic) bond motifs is 1. The van der Waals surface area contributed by atoms with Crippen LogP contribution in [0, 0.1) is 0 Å². The van der Waals surface area contributed by atoms with Gasteiger partial charge in [-0.1, -0.05) is 30.3 Å². The number of para-hydroxylation sites is 2. The van der Waals surface area contributed by atoms with Crippen molar-refractivity contribution in [2.75, 3.05) is 0 Å². The second-order valence-corrected chi connectivity index (χ2v) is 4.19. The summed E-state index contributed by atoms with van der Waals surface area (Å²) in [6.45, 7) is 2.81. The lowest BCUT2D eigenvalue weighted by molar-refractivity contribution is 0.593. The number of aryl methyl sites for hydroxylation is 1. The van der Waals surface area contributed by atoms with Crippen LogP contribution in [0.5, 0.6) is 0 Å². The van der Waals surface area contributed by atoms with Crippen LogP contribution in [0.4, 0.5) is 0 Å². The Hall–Kier alpha value is -2.29. The van der Waals surface area contributed by atoms with E-state index < -0.39 is 0 Å². The minimum Gasteiger partial charge on any atom is -0.278 e. The maximum atomic E-state index is 12.5. The van der Waals surface area contributed by atoms with Crippen molar-refractivity contribution >= 4 is 10.9 Å². The lowest BCUT2D eigenvalue weighted by Crippen LogP contribution is -2.20. The standard InChI is InChI=1S/C15H14N2O/c1-2-16-14-11-7-6-10-13(14)15(18)17(16)12-8-4-3-5-9-12/h3-11H,2H2,1H3. The predicted molar refractivity (Wildman–Crippen MR) is 73.2 cm³/mol. The molecule has 0 N–H and O–H groups in total. The SMILES string of the molecule is CCn1c2ccccc2c(=O)n1-c1ccccc1. The smallest absolute Gasteiger partial charge is 0.278 e. The first kappa shape index (κ1) is 10.8. The highest BCUT2D eigenvalue weighted by molar-refractivity contribution is 5.79. The first-order valence-electron chi connectivity index (χ1n) is 6.09. The second kappa shape index (κ2) is 4.18. The highest BCUT2D eigenvalue weighted by atomic mass is 16.1. The number of hydrogen-bond acceptors (Lipinski definition) is 1. The largest absolute Gasteiger partial charge is 0.279 e. The summed E-state index contributed by atoms with van der Waals surface area (Å²) < 4.78 is 3.75. The summed E-state index contributed by atoms with van der Waals surface area (Å²) in [7, 11) is 0. The molecule has 0 saturated carbocycles. The van der Waals surface area contributed by atoms with Gasteiger partial charge in [-0.3, -0.25) is 9.48 Å². The molecule has 1 heterocycles. The van der Waals surface area contributed by atoms with E-state index in [-0.39, 0.29) is 5.56 Å². The van der Waals surface area contributed by atoms with E-state index in [1.54, 1.807) is 4.68 Å². The summed E-state index contributed by atoms with van der Waals surface area (Å²) in [5.41, 5.74) is 1.92. The van der Waals surface area contributed by atoms with Gasteiger partial charge in [-0.25, -0.2) is 4.68 Å². The zero-order valence-corrected chi connectivity index (χ0v) is 10.2. The summed E-state index contributed by atoms with van der Waals surface area (Å²) in [6.07, 6.45) is 0.